The molecule has 6 nitrogen and oxygen atoms in total. The number of likely N-dealkylation sites (N-methyl/N-ethyl adjacent to an activating group) is 1. The van der Waals surface area contributed by atoms with Crippen molar-refractivity contribution in [3.8, 4) is 0 Å². The average Bonchev–Trinajstić information content (AvgIpc) is 2.62. The fourth-order valence-corrected chi connectivity index (χ4v) is 3.24. The van der Waals surface area contributed by atoms with Gasteiger partial charge in [0.2, 0.25) is 0 Å². The number of benzene rings is 2. The van der Waals surface area contributed by atoms with Crippen LogP contribution in [0.2, 0.25) is 0 Å². The van der Waals surface area contributed by atoms with E-state index in [2.05, 4.69) is 27.5 Å². The lowest BCUT2D eigenvalue weighted by atomic mass is 10.1. The third kappa shape index (κ3) is 5.08. The number of nitrogens with one attached hydrogen (secondary N) is 2. The van der Waals surface area contributed by atoms with Crippen LogP contribution in [0, 0.1) is 13.8 Å². The number of piperazine rings is 1. The number of nitrogens with zero attached hydrogens (tertiary/aromatic N) is 2. The van der Waals surface area contributed by atoms with Gasteiger partial charge in [-0.15, -0.1) is 0 Å². The van der Waals surface area contributed by atoms with Crippen LogP contribution in [0.1, 0.15) is 11.1 Å². The summed E-state index contributed by atoms with van der Waals surface area (Å²) < 4.78 is 0. The standard InChI is InChI=1S/C21H26N4O2/c1-15-12-16(2)14-18(13-15)23-21(27)20(26)22-17-4-6-19(7-5-17)25-10-8-24(3)9-11-25/h4-7,12-14H,8-11H2,1-3H3,(H,22,26)(H,23,27). The second kappa shape index (κ2) is 8.22. The van der Waals surface area contributed by atoms with Gasteiger partial charge in [0.25, 0.3) is 0 Å². The maximum absolute atomic E-state index is 12.2. The van der Waals surface area contributed by atoms with Gasteiger partial charge in [0, 0.05) is 43.2 Å². The van der Waals surface area contributed by atoms with Crippen LogP contribution in [0.5, 0.6) is 0 Å². The van der Waals surface area contributed by atoms with Gasteiger partial charge in [-0.2, -0.15) is 0 Å². The normalized spacial score (nSPS) is 14.7. The van der Waals surface area contributed by atoms with Gasteiger partial charge in [-0.1, -0.05) is 6.07 Å². The van der Waals surface area contributed by atoms with Crippen LogP contribution in [0.3, 0.4) is 0 Å². The van der Waals surface area contributed by atoms with E-state index in [1.807, 2.05) is 56.3 Å². The van der Waals surface area contributed by atoms with Crippen LogP contribution >= 0.6 is 0 Å². The molecular formula is C21H26N4O2. The SMILES string of the molecule is Cc1cc(C)cc(NC(=O)C(=O)Nc2ccc(N3CCN(C)CC3)cc2)c1. The van der Waals surface area contributed by atoms with Crippen molar-refractivity contribution in [2.45, 2.75) is 13.8 Å². The highest BCUT2D eigenvalue weighted by molar-refractivity contribution is 6.43. The molecule has 0 bridgehead atoms. The quantitative estimate of drug-likeness (QED) is 0.820. The van der Waals surface area contributed by atoms with Gasteiger partial charge in [0.1, 0.15) is 0 Å². The van der Waals surface area contributed by atoms with Crippen molar-refractivity contribution in [2.75, 3.05) is 48.8 Å². The zero-order valence-corrected chi connectivity index (χ0v) is 16.1. The largest absolute Gasteiger partial charge is 0.369 e. The predicted molar refractivity (Wildman–Crippen MR) is 109 cm³/mol. The number of rotatable bonds is 3. The molecule has 0 spiro atoms. The van der Waals surface area contributed by atoms with Crippen molar-refractivity contribution in [1.29, 1.82) is 0 Å². The summed E-state index contributed by atoms with van der Waals surface area (Å²) in [6.45, 7) is 7.95. The highest BCUT2D eigenvalue weighted by atomic mass is 16.2. The van der Waals surface area contributed by atoms with Gasteiger partial charge >= 0.3 is 11.8 Å². The van der Waals surface area contributed by atoms with E-state index in [0.717, 1.165) is 43.0 Å². The molecule has 2 amide bonds. The van der Waals surface area contributed by atoms with Crippen LogP contribution in [0.4, 0.5) is 17.1 Å². The number of anilines is 3. The minimum absolute atomic E-state index is 0.605. The van der Waals surface area contributed by atoms with Crippen molar-refractivity contribution in [3.63, 3.8) is 0 Å². The molecule has 0 atom stereocenters. The molecule has 1 saturated heterocycles. The van der Waals surface area contributed by atoms with Crippen LogP contribution in [0.15, 0.2) is 42.5 Å². The fraction of sp³-hybridized carbons (Fsp3) is 0.333. The van der Waals surface area contributed by atoms with Crippen LogP contribution in [-0.4, -0.2) is 49.9 Å². The Morgan fingerprint density at radius 1 is 0.778 bits per heavy atom. The molecule has 142 valence electrons. The Bertz CT molecular complexity index is 804. The summed E-state index contributed by atoms with van der Waals surface area (Å²) in [5, 5.41) is 5.30. The summed E-state index contributed by atoms with van der Waals surface area (Å²) >= 11 is 0. The Labute approximate surface area is 160 Å². The van der Waals surface area contributed by atoms with Gasteiger partial charge in [-0.05, 0) is 68.4 Å². The van der Waals surface area contributed by atoms with E-state index in [4.69, 9.17) is 0 Å². The molecule has 1 fully saturated rings. The van der Waals surface area contributed by atoms with Crippen LogP contribution in [0.25, 0.3) is 0 Å². The lowest BCUT2D eigenvalue weighted by molar-refractivity contribution is -0.132. The molecule has 2 aromatic carbocycles. The zero-order chi connectivity index (χ0) is 19.4. The first kappa shape index (κ1) is 18.9. The monoisotopic (exact) mass is 366 g/mol. The van der Waals surface area contributed by atoms with Crippen molar-refractivity contribution in [3.05, 3.63) is 53.6 Å². The molecule has 1 aliphatic heterocycles. The number of carbonyl (C=O) groups is 2. The molecule has 0 unspecified atom stereocenters. The van der Waals surface area contributed by atoms with E-state index < -0.39 is 11.8 Å². The van der Waals surface area contributed by atoms with Crippen LogP contribution in [-0.2, 0) is 9.59 Å². The summed E-state index contributed by atoms with van der Waals surface area (Å²) in [6, 6.07) is 13.3. The minimum Gasteiger partial charge on any atom is -0.369 e. The number of amides is 2. The lowest BCUT2D eigenvalue weighted by Crippen LogP contribution is -2.44. The molecule has 1 aliphatic rings. The van der Waals surface area contributed by atoms with Crippen LogP contribution < -0.4 is 15.5 Å². The van der Waals surface area contributed by atoms with Crippen molar-refractivity contribution >= 4 is 28.9 Å². The first-order valence-corrected chi connectivity index (χ1v) is 9.15. The molecule has 0 radical (unpaired) electrons. The van der Waals surface area contributed by atoms with E-state index >= 15 is 0 Å². The maximum Gasteiger partial charge on any atom is 0.314 e. The highest BCUT2D eigenvalue weighted by Gasteiger charge is 2.16. The molecule has 1 heterocycles. The Kier molecular flexibility index (Phi) is 5.76. The average molecular weight is 366 g/mol. The Morgan fingerprint density at radius 2 is 1.30 bits per heavy atom. The third-order valence-electron chi connectivity index (χ3n) is 4.68. The summed E-state index contributed by atoms with van der Waals surface area (Å²) in [4.78, 5) is 28.9. The Balaban J connectivity index is 1.57. The van der Waals surface area contributed by atoms with Gasteiger partial charge in [-0.25, -0.2) is 0 Å². The Morgan fingerprint density at radius 3 is 1.85 bits per heavy atom. The molecule has 27 heavy (non-hydrogen) atoms. The molecule has 0 saturated carbocycles. The first-order valence-electron chi connectivity index (χ1n) is 9.15. The fourth-order valence-electron chi connectivity index (χ4n) is 3.24. The van der Waals surface area contributed by atoms with Crippen molar-refractivity contribution in [1.82, 2.24) is 4.90 Å². The molecule has 2 N–H and O–H groups in total. The summed E-state index contributed by atoms with van der Waals surface area (Å²) in [6.07, 6.45) is 0. The number of carbonyl (C=O) groups excluding carboxylic acids is 2. The van der Waals surface area contributed by atoms with Gasteiger partial charge in [0.05, 0.1) is 0 Å². The first-order chi connectivity index (χ1) is 12.9. The second-order valence-electron chi connectivity index (χ2n) is 7.12. The van der Waals surface area contributed by atoms with Gasteiger partial charge in [0.15, 0.2) is 0 Å². The topological polar surface area (TPSA) is 64.7 Å². The molecule has 0 aromatic heterocycles. The minimum atomic E-state index is -0.679. The molecule has 3 rings (SSSR count). The number of hydrogen-bond acceptors (Lipinski definition) is 4. The molecule has 6 heteroatoms. The second-order valence-corrected chi connectivity index (χ2v) is 7.12. The smallest absolute Gasteiger partial charge is 0.314 e. The zero-order valence-electron chi connectivity index (χ0n) is 16.1. The number of aryl methyl sites for hydroxylation is 2. The maximum atomic E-state index is 12.2. The van der Waals surface area contributed by atoms with E-state index in [0.29, 0.717) is 11.4 Å². The van der Waals surface area contributed by atoms with Crippen molar-refractivity contribution < 1.29 is 9.59 Å². The third-order valence-corrected chi connectivity index (χ3v) is 4.68. The summed E-state index contributed by atoms with van der Waals surface area (Å²) in [7, 11) is 2.12. The number of hydrogen-bond donors (Lipinski definition) is 2. The molecule has 2 aromatic rings. The Hall–Kier alpha value is -2.86. The lowest BCUT2D eigenvalue weighted by Gasteiger charge is -2.34. The van der Waals surface area contributed by atoms with E-state index in [1.165, 1.54) is 0 Å². The summed E-state index contributed by atoms with van der Waals surface area (Å²) in [5.41, 5.74) is 4.42. The molecule has 0 aliphatic carbocycles. The van der Waals surface area contributed by atoms with Gasteiger partial charge < -0.3 is 20.4 Å². The van der Waals surface area contributed by atoms with E-state index in [1.54, 1.807) is 0 Å². The highest BCUT2D eigenvalue weighted by Crippen LogP contribution is 2.19. The van der Waals surface area contributed by atoms with Gasteiger partial charge in [-0.3, -0.25) is 9.59 Å². The summed E-state index contributed by atoms with van der Waals surface area (Å²) in [5.74, 6) is -1.36. The van der Waals surface area contributed by atoms with Crippen molar-refractivity contribution in [2.24, 2.45) is 0 Å². The van der Waals surface area contributed by atoms with E-state index in [-0.39, 0.29) is 0 Å². The molecular weight excluding hydrogens is 340 g/mol. The predicted octanol–water partition coefficient (Wildman–Crippen LogP) is 2.63. The van der Waals surface area contributed by atoms with E-state index in [9.17, 15) is 9.59 Å².